The minimum atomic E-state index is -4.15. The van der Waals surface area contributed by atoms with Gasteiger partial charge in [-0.2, -0.15) is 0 Å². The van der Waals surface area contributed by atoms with Crippen LogP contribution in [0.1, 0.15) is 55.8 Å². The first-order chi connectivity index (χ1) is 22.8. The van der Waals surface area contributed by atoms with Gasteiger partial charge >= 0.3 is 5.97 Å². The van der Waals surface area contributed by atoms with Crippen LogP contribution in [0.3, 0.4) is 0 Å². The molecular formula is C35H43FN2O9S. The first-order valence-electron chi connectivity index (χ1n) is 16.7. The van der Waals surface area contributed by atoms with Crippen LogP contribution >= 0.6 is 0 Å². The average molecular weight is 687 g/mol. The van der Waals surface area contributed by atoms with Crippen LogP contribution in [0, 0.1) is 23.6 Å². The van der Waals surface area contributed by atoms with Crippen molar-refractivity contribution in [2.45, 2.75) is 103 Å². The number of esters is 1. The van der Waals surface area contributed by atoms with Crippen LogP contribution in [0.5, 0.6) is 0 Å². The van der Waals surface area contributed by atoms with E-state index in [0.717, 1.165) is 24.3 Å². The maximum Gasteiger partial charge on any atom is 0.340 e. The number of nitrogens with zero attached hydrogens (tertiary/aromatic N) is 1. The van der Waals surface area contributed by atoms with Gasteiger partial charge in [0.1, 0.15) is 22.6 Å². The molecule has 6 fully saturated rings. The Morgan fingerprint density at radius 3 is 2.40 bits per heavy atom. The SMILES string of the molecule is CO[C@H]1CC[C@]2(OC(=O)c3ccccc3NS(=O)(=O)c3ccc(F)cc3)C3CC4N([C@H]2C)C3(C1)C1C[C@@H]2[C@@H](OC)C[C@@]4(O)[C@@]1(O)[C@H]2OC. The second-order valence-corrected chi connectivity index (χ2v) is 16.4. The number of anilines is 1. The van der Waals surface area contributed by atoms with Crippen molar-refractivity contribution in [3.05, 3.63) is 59.9 Å². The van der Waals surface area contributed by atoms with Crippen LogP contribution in [-0.2, 0) is 29.0 Å². The summed E-state index contributed by atoms with van der Waals surface area (Å²) >= 11 is 0. The van der Waals surface area contributed by atoms with Gasteiger partial charge < -0.3 is 29.2 Å². The smallest absolute Gasteiger partial charge is 0.340 e. The van der Waals surface area contributed by atoms with E-state index in [9.17, 15) is 27.8 Å². The summed E-state index contributed by atoms with van der Waals surface area (Å²) in [7, 11) is 0.762. The van der Waals surface area contributed by atoms with Crippen LogP contribution in [-0.4, -0.2) is 104 Å². The molecule has 0 aromatic heterocycles. The number of methoxy groups -OCH3 is 3. The molecule has 7 bridgehead atoms. The number of para-hydroxylation sites is 1. The first-order valence-corrected chi connectivity index (χ1v) is 18.2. The van der Waals surface area contributed by atoms with Gasteiger partial charge in [-0.25, -0.2) is 17.6 Å². The Bertz CT molecular complexity index is 1750. The molecule has 3 saturated carbocycles. The third kappa shape index (κ3) is 3.89. The Morgan fingerprint density at radius 2 is 1.71 bits per heavy atom. The lowest BCUT2D eigenvalue weighted by molar-refractivity contribution is -0.310. The third-order valence-corrected chi connectivity index (χ3v) is 14.8. The lowest BCUT2D eigenvalue weighted by atomic mass is 9.58. The molecule has 48 heavy (non-hydrogen) atoms. The molecule has 13 heteroatoms. The molecule has 8 rings (SSSR count). The number of rotatable bonds is 8. The van der Waals surface area contributed by atoms with Gasteiger partial charge in [0.2, 0.25) is 0 Å². The van der Waals surface area contributed by atoms with E-state index in [4.69, 9.17) is 18.9 Å². The highest BCUT2D eigenvalue weighted by molar-refractivity contribution is 7.92. The summed E-state index contributed by atoms with van der Waals surface area (Å²) in [6.07, 6.45) is 2.00. The highest BCUT2D eigenvalue weighted by Gasteiger charge is 2.89. The number of aliphatic hydroxyl groups is 2. The van der Waals surface area contributed by atoms with Gasteiger partial charge in [0.25, 0.3) is 10.0 Å². The topological polar surface area (TPSA) is 144 Å². The molecule has 260 valence electrons. The summed E-state index contributed by atoms with van der Waals surface area (Å²) in [6, 6.07) is 9.97. The van der Waals surface area contributed by atoms with Gasteiger partial charge in [-0.1, -0.05) is 12.1 Å². The number of halogens is 1. The van der Waals surface area contributed by atoms with Crippen molar-refractivity contribution in [2.75, 3.05) is 26.1 Å². The fraction of sp³-hybridized carbons (Fsp3) is 0.629. The van der Waals surface area contributed by atoms with Crippen molar-refractivity contribution in [1.82, 2.24) is 4.90 Å². The monoisotopic (exact) mass is 686 g/mol. The molecule has 2 aromatic carbocycles. The number of carbonyl (C=O) groups is 1. The predicted octanol–water partition coefficient (Wildman–Crippen LogP) is 3.10. The van der Waals surface area contributed by atoms with Crippen LogP contribution in [0.25, 0.3) is 0 Å². The van der Waals surface area contributed by atoms with E-state index < -0.39 is 62.2 Å². The molecule has 3 aliphatic carbocycles. The molecule has 11 nitrogen and oxygen atoms in total. The minimum Gasteiger partial charge on any atom is -0.453 e. The minimum absolute atomic E-state index is 0.0431. The quantitative estimate of drug-likeness (QED) is 0.355. The van der Waals surface area contributed by atoms with Gasteiger partial charge in [-0.3, -0.25) is 9.62 Å². The van der Waals surface area contributed by atoms with E-state index in [1.54, 1.807) is 33.5 Å². The highest BCUT2D eigenvalue weighted by atomic mass is 32.2. The second kappa shape index (κ2) is 10.7. The lowest BCUT2D eigenvalue weighted by Gasteiger charge is -2.64. The largest absolute Gasteiger partial charge is 0.453 e. The number of fused-ring (bicyclic) bond motifs is 2. The molecular weight excluding hydrogens is 643 g/mol. The van der Waals surface area contributed by atoms with Crippen LogP contribution < -0.4 is 4.72 Å². The average Bonchev–Trinajstić information content (AvgIpc) is 3.55. The van der Waals surface area contributed by atoms with Gasteiger partial charge in [-0.15, -0.1) is 0 Å². The lowest BCUT2D eigenvalue weighted by Crippen LogP contribution is -2.81. The number of piperidine rings is 2. The summed E-state index contributed by atoms with van der Waals surface area (Å²) in [4.78, 5) is 16.5. The molecule has 0 radical (unpaired) electrons. The molecule has 13 atom stereocenters. The molecule has 3 heterocycles. The van der Waals surface area contributed by atoms with Crippen molar-refractivity contribution in [3.63, 3.8) is 0 Å². The normalized spacial score (nSPS) is 45.1. The first kappa shape index (κ1) is 32.5. The zero-order chi connectivity index (χ0) is 34.0. The molecule has 0 amide bonds. The van der Waals surface area contributed by atoms with Gasteiger partial charge in [0, 0.05) is 63.1 Å². The summed E-state index contributed by atoms with van der Waals surface area (Å²) in [6.45, 7) is 2.04. The van der Waals surface area contributed by atoms with E-state index in [0.29, 0.717) is 32.1 Å². The Morgan fingerprint density at radius 1 is 0.979 bits per heavy atom. The zero-order valence-electron chi connectivity index (χ0n) is 27.5. The van der Waals surface area contributed by atoms with Crippen LogP contribution in [0.2, 0.25) is 0 Å². The van der Waals surface area contributed by atoms with Crippen molar-refractivity contribution in [1.29, 1.82) is 0 Å². The Kier molecular flexibility index (Phi) is 7.24. The van der Waals surface area contributed by atoms with Gasteiger partial charge in [0.05, 0.1) is 34.5 Å². The van der Waals surface area contributed by atoms with Gasteiger partial charge in [-0.05, 0) is 75.4 Å². The fourth-order valence-electron chi connectivity index (χ4n) is 11.7. The van der Waals surface area contributed by atoms with E-state index in [1.807, 2.05) is 6.92 Å². The number of sulfonamides is 1. The number of carbonyl (C=O) groups excluding carboxylic acids is 1. The van der Waals surface area contributed by atoms with Crippen LogP contribution in [0.15, 0.2) is 53.4 Å². The number of nitrogens with one attached hydrogen (secondary N) is 1. The Labute approximate surface area is 279 Å². The zero-order valence-corrected chi connectivity index (χ0v) is 28.3. The number of ether oxygens (including phenoxy) is 4. The summed E-state index contributed by atoms with van der Waals surface area (Å²) in [5.41, 5.74) is -4.62. The Balaban J connectivity index is 1.19. The molecule has 5 unspecified atom stereocenters. The van der Waals surface area contributed by atoms with E-state index in [2.05, 4.69) is 9.62 Å². The summed E-state index contributed by atoms with van der Waals surface area (Å²) in [5, 5.41) is 25.5. The highest BCUT2D eigenvalue weighted by Crippen LogP contribution is 2.76. The summed E-state index contributed by atoms with van der Waals surface area (Å²) < 4.78 is 67.2. The van der Waals surface area contributed by atoms with E-state index in [1.165, 1.54) is 12.1 Å². The standard InChI is InChI=1S/C35H43FN2O9S/c1-19-33(47-31(39)23-7-5-6-8-25(23)37-48(42,43)22-11-9-20(36)10-12-22)14-13-21(44-2)17-32-27(33)16-29(38(19)32)34(40)18-26(45-3)24-15-28(32)35(34,41)30(24)46-4/h5-12,19,21,24,26-30,37,40-41H,13-18H2,1-4H3/t19-,21-,24+,26-,27?,28?,29?,30-,32?,33+,34-,35-/m0/s1. The maximum atomic E-state index is 14.3. The molecule has 3 aliphatic heterocycles. The molecule has 3 saturated heterocycles. The molecule has 1 spiro atoms. The van der Waals surface area contributed by atoms with Crippen molar-refractivity contribution >= 4 is 21.7 Å². The third-order valence-electron chi connectivity index (χ3n) is 13.4. The Hall–Kier alpha value is -2.65. The van der Waals surface area contributed by atoms with Crippen molar-refractivity contribution in [3.8, 4) is 0 Å². The number of benzene rings is 2. The predicted molar refractivity (Wildman–Crippen MR) is 170 cm³/mol. The fourth-order valence-corrected chi connectivity index (χ4v) is 12.8. The molecule has 6 aliphatic rings. The van der Waals surface area contributed by atoms with E-state index >= 15 is 0 Å². The summed E-state index contributed by atoms with van der Waals surface area (Å²) in [5.74, 6) is -2.01. The van der Waals surface area contributed by atoms with Crippen molar-refractivity contribution in [2.24, 2.45) is 17.8 Å². The molecule has 2 aromatic rings. The van der Waals surface area contributed by atoms with Gasteiger partial charge in [0.15, 0.2) is 0 Å². The van der Waals surface area contributed by atoms with Crippen molar-refractivity contribution < 1.29 is 46.8 Å². The molecule has 3 N–H and O–H groups in total. The number of hydrogen-bond donors (Lipinski definition) is 3. The maximum absolute atomic E-state index is 14.3. The van der Waals surface area contributed by atoms with Crippen LogP contribution in [0.4, 0.5) is 10.1 Å². The number of hydrogen-bond acceptors (Lipinski definition) is 10. The second-order valence-electron chi connectivity index (χ2n) is 14.8. The van der Waals surface area contributed by atoms with E-state index in [-0.39, 0.29) is 52.7 Å².